The fourth-order valence-corrected chi connectivity index (χ4v) is 10.3. The molecule has 1 aromatic rings. The minimum absolute atomic E-state index is 0.0625. The lowest BCUT2D eigenvalue weighted by Gasteiger charge is -2.57. The first-order chi connectivity index (χ1) is 21.7. The van der Waals surface area contributed by atoms with Crippen molar-refractivity contribution in [2.75, 3.05) is 26.4 Å². The molecule has 2 heterocycles. The highest BCUT2D eigenvalue weighted by molar-refractivity contribution is 5.99. The number of carbonyl (C=O) groups is 1. The van der Waals surface area contributed by atoms with Crippen molar-refractivity contribution in [1.82, 2.24) is 0 Å². The van der Waals surface area contributed by atoms with E-state index in [9.17, 15) is 15.0 Å². The van der Waals surface area contributed by atoms with Gasteiger partial charge in [0.2, 0.25) is 0 Å². The Labute approximate surface area is 267 Å². The molecule has 7 aliphatic rings. The summed E-state index contributed by atoms with van der Waals surface area (Å²) in [4.78, 5) is 12.9. The van der Waals surface area contributed by atoms with Gasteiger partial charge in [-0.15, -0.1) is 0 Å². The van der Waals surface area contributed by atoms with Gasteiger partial charge in [0.15, 0.2) is 17.9 Å². The molecule has 1 spiro atoms. The molecule has 0 amide bonds. The van der Waals surface area contributed by atoms with Crippen LogP contribution in [-0.2, 0) is 18.9 Å². The van der Waals surface area contributed by atoms with E-state index in [0.717, 1.165) is 82.8 Å². The summed E-state index contributed by atoms with van der Waals surface area (Å²) in [6, 6.07) is 8.33. The predicted octanol–water partition coefficient (Wildman–Crippen LogP) is 6.38. The molecule has 0 bridgehead atoms. The van der Waals surface area contributed by atoms with E-state index in [-0.39, 0.29) is 29.3 Å². The monoisotopic (exact) mass is 618 g/mol. The zero-order valence-electron chi connectivity index (χ0n) is 26.8. The number of benzene rings is 1. The zero-order valence-corrected chi connectivity index (χ0v) is 26.8. The van der Waals surface area contributed by atoms with E-state index < -0.39 is 17.0 Å². The molecule has 2 saturated heterocycles. The molecule has 2 N–H and O–H groups in total. The summed E-state index contributed by atoms with van der Waals surface area (Å²) in [5.74, 6) is 0.464. The molecule has 0 radical (unpaired) electrons. The van der Waals surface area contributed by atoms with Crippen LogP contribution in [0.25, 0.3) is 0 Å². The van der Waals surface area contributed by atoms with Gasteiger partial charge in [0.25, 0.3) is 0 Å². The van der Waals surface area contributed by atoms with Crippen molar-refractivity contribution < 1.29 is 34.0 Å². The van der Waals surface area contributed by atoms with Crippen LogP contribution in [0.4, 0.5) is 0 Å². The number of ether oxygens (including phenoxy) is 4. The minimum atomic E-state index is -0.944. The highest BCUT2D eigenvalue weighted by atomic mass is 16.7. The summed E-state index contributed by atoms with van der Waals surface area (Å²) >= 11 is 0. The number of carbonyl (C=O) groups excluding carboxylic acids is 1. The average Bonchev–Trinajstić information content (AvgIpc) is 3.75. The molecule has 7 heteroatoms. The van der Waals surface area contributed by atoms with Crippen LogP contribution in [0.5, 0.6) is 0 Å². The molecule has 45 heavy (non-hydrogen) atoms. The average molecular weight is 619 g/mol. The maximum Gasteiger partial charge on any atom is 0.171 e. The van der Waals surface area contributed by atoms with Gasteiger partial charge in [-0.2, -0.15) is 0 Å². The van der Waals surface area contributed by atoms with Gasteiger partial charge in [-0.25, -0.2) is 0 Å². The lowest BCUT2D eigenvalue weighted by molar-refractivity contribution is -0.208. The van der Waals surface area contributed by atoms with Gasteiger partial charge < -0.3 is 29.2 Å². The molecule has 5 aliphatic carbocycles. The molecule has 244 valence electrons. The first kappa shape index (κ1) is 30.5. The Bertz CT molecular complexity index is 1350. The van der Waals surface area contributed by atoms with E-state index in [1.54, 1.807) is 0 Å². The molecule has 8 rings (SSSR count). The van der Waals surface area contributed by atoms with Gasteiger partial charge in [0.1, 0.15) is 0 Å². The number of allylic oxidation sites excluding steroid dienone is 1. The molecule has 7 nitrogen and oxygen atoms in total. The van der Waals surface area contributed by atoms with E-state index in [1.165, 1.54) is 16.7 Å². The van der Waals surface area contributed by atoms with Crippen molar-refractivity contribution in [3.63, 3.8) is 0 Å². The van der Waals surface area contributed by atoms with Crippen molar-refractivity contribution in [2.24, 2.45) is 23.2 Å². The second kappa shape index (κ2) is 11.4. The summed E-state index contributed by atoms with van der Waals surface area (Å²) in [6.45, 7) is 4.67. The first-order valence-corrected chi connectivity index (χ1v) is 17.7. The number of ketones is 1. The summed E-state index contributed by atoms with van der Waals surface area (Å²) < 4.78 is 23.9. The number of aliphatic hydroxyl groups is 2. The summed E-state index contributed by atoms with van der Waals surface area (Å²) in [6.07, 6.45) is 15.1. The largest absolute Gasteiger partial charge is 0.385 e. The van der Waals surface area contributed by atoms with E-state index in [2.05, 4.69) is 19.1 Å². The molecular weight excluding hydrogens is 568 g/mol. The summed E-state index contributed by atoms with van der Waals surface area (Å²) in [7, 11) is 0. The van der Waals surface area contributed by atoms with E-state index in [1.807, 2.05) is 24.3 Å². The molecule has 3 unspecified atom stereocenters. The van der Waals surface area contributed by atoms with Crippen molar-refractivity contribution >= 4 is 5.78 Å². The zero-order chi connectivity index (χ0) is 30.9. The third kappa shape index (κ3) is 5.21. The lowest BCUT2D eigenvalue weighted by Crippen LogP contribution is -2.55. The SMILES string of the molecule is C[C@]12C[C@H](c3ccc(C(=O)C4CC4)cc3)C3=C4CCC5(C[C@]4(O)CCC3C1CC[C@@]2(O)C=CCOC1CCCCO1)OCCO5. The van der Waals surface area contributed by atoms with E-state index >= 15 is 0 Å². The Kier molecular flexibility index (Phi) is 7.71. The molecular formula is C38H50O7. The number of Topliss-reactive ketones (excluding diaryl/α,β-unsaturated/α-hetero) is 1. The van der Waals surface area contributed by atoms with Crippen molar-refractivity contribution in [1.29, 1.82) is 0 Å². The van der Waals surface area contributed by atoms with Gasteiger partial charge in [-0.1, -0.05) is 48.9 Å². The second-order valence-corrected chi connectivity index (χ2v) is 15.4. The molecule has 1 aromatic carbocycles. The Morgan fingerprint density at radius 1 is 0.978 bits per heavy atom. The Morgan fingerprint density at radius 2 is 1.78 bits per heavy atom. The van der Waals surface area contributed by atoms with Crippen LogP contribution in [0.15, 0.2) is 47.6 Å². The standard InChI is InChI=1S/C38H50O7/c1-35-23-29(25-6-8-26(9-7-25)34(39)27-10-11-27)33-28(12-16-36(40)24-38(18-14-31(33)36)44-21-22-45-38)30(35)13-17-37(35,41)15-4-20-43-32-5-2-3-19-42-32/h4,6-9,15,27-30,32,40-41H,2-3,5,10-14,16-24H2,1H3/t28?,29-,30?,32?,35+,36-,37+/m1/s1. The number of hydrogen-bond donors (Lipinski definition) is 2. The number of rotatable bonds is 7. The normalized spacial score (nSPS) is 40.9. The van der Waals surface area contributed by atoms with Crippen molar-refractivity contribution in [3.05, 3.63) is 58.7 Å². The minimum Gasteiger partial charge on any atom is -0.385 e. The van der Waals surface area contributed by atoms with Crippen LogP contribution in [0, 0.1) is 23.2 Å². The Morgan fingerprint density at radius 3 is 2.51 bits per heavy atom. The predicted molar refractivity (Wildman–Crippen MR) is 169 cm³/mol. The lowest BCUT2D eigenvalue weighted by atomic mass is 9.49. The maximum atomic E-state index is 12.9. The van der Waals surface area contributed by atoms with Gasteiger partial charge in [0, 0.05) is 42.3 Å². The van der Waals surface area contributed by atoms with Crippen molar-refractivity contribution in [3.8, 4) is 0 Å². The van der Waals surface area contributed by atoms with Gasteiger partial charge >= 0.3 is 0 Å². The van der Waals surface area contributed by atoms with Crippen LogP contribution in [0.3, 0.4) is 0 Å². The first-order valence-electron chi connectivity index (χ1n) is 17.7. The molecule has 7 atom stereocenters. The molecule has 4 saturated carbocycles. The van der Waals surface area contributed by atoms with Crippen molar-refractivity contribution in [2.45, 2.75) is 120 Å². The fraction of sp³-hybridized carbons (Fsp3) is 0.711. The third-order valence-electron chi connectivity index (χ3n) is 12.9. The highest BCUT2D eigenvalue weighted by Gasteiger charge is 2.64. The third-order valence-corrected chi connectivity index (χ3v) is 12.9. The highest BCUT2D eigenvalue weighted by Crippen LogP contribution is 2.68. The smallest absolute Gasteiger partial charge is 0.171 e. The van der Waals surface area contributed by atoms with Gasteiger partial charge in [-0.3, -0.25) is 4.79 Å². The Hall–Kier alpha value is -1.87. The molecule has 2 aliphatic heterocycles. The van der Waals surface area contributed by atoms with Crippen LogP contribution in [-0.4, -0.2) is 65.7 Å². The fourth-order valence-electron chi connectivity index (χ4n) is 10.3. The van der Waals surface area contributed by atoms with Crippen LogP contribution >= 0.6 is 0 Å². The van der Waals surface area contributed by atoms with E-state index in [4.69, 9.17) is 18.9 Å². The van der Waals surface area contributed by atoms with E-state index in [0.29, 0.717) is 44.5 Å². The molecule has 6 fully saturated rings. The topological polar surface area (TPSA) is 94.5 Å². The molecule has 0 aromatic heterocycles. The second-order valence-electron chi connectivity index (χ2n) is 15.4. The summed E-state index contributed by atoms with van der Waals surface area (Å²) in [5, 5.41) is 24.7. The van der Waals surface area contributed by atoms with Crippen LogP contribution in [0.1, 0.15) is 112 Å². The van der Waals surface area contributed by atoms with Crippen LogP contribution in [0.2, 0.25) is 0 Å². The van der Waals surface area contributed by atoms with Crippen LogP contribution < -0.4 is 0 Å². The number of hydrogen-bond acceptors (Lipinski definition) is 7. The quantitative estimate of drug-likeness (QED) is 0.271. The summed E-state index contributed by atoms with van der Waals surface area (Å²) in [5.41, 5.74) is 2.36. The maximum absolute atomic E-state index is 12.9. The van der Waals surface area contributed by atoms with Gasteiger partial charge in [0.05, 0.1) is 31.0 Å². The number of fused-ring (bicyclic) bond motifs is 4. The Balaban J connectivity index is 1.13. The van der Waals surface area contributed by atoms with Gasteiger partial charge in [-0.05, 0) is 93.6 Å².